The molecule has 0 aromatic heterocycles. The summed E-state index contributed by atoms with van der Waals surface area (Å²) in [4.78, 5) is 20.5. The number of hydrogen-bond donors (Lipinski definition) is 2. The van der Waals surface area contributed by atoms with Crippen molar-refractivity contribution in [2.75, 3.05) is 0 Å². The largest absolute Gasteiger partial charge is 0.481 e. The molecule has 7 heteroatoms. The van der Waals surface area contributed by atoms with Gasteiger partial charge in [0.2, 0.25) is 0 Å². The zero-order valence-electron chi connectivity index (χ0n) is 8.09. The molecule has 1 aromatic rings. The van der Waals surface area contributed by atoms with Crippen molar-refractivity contribution in [3.63, 3.8) is 0 Å². The normalized spacial score (nSPS) is 12.1. The molecule has 1 rings (SSSR count). The Morgan fingerprint density at radius 1 is 1.62 bits per heavy atom. The number of hydrogen-bond acceptors (Lipinski definition) is 4. The zero-order chi connectivity index (χ0) is 12.3. The monoisotopic (exact) mass is 244 g/mol. The number of carboxylic acids is 1. The molecule has 1 atom stereocenters. The molecule has 0 spiro atoms. The van der Waals surface area contributed by atoms with E-state index in [4.69, 9.17) is 22.4 Å². The van der Waals surface area contributed by atoms with Gasteiger partial charge in [-0.3, -0.25) is 14.9 Å². The van der Waals surface area contributed by atoms with Crippen LogP contribution in [0.4, 0.5) is 5.69 Å². The highest BCUT2D eigenvalue weighted by Gasteiger charge is 2.21. The van der Waals surface area contributed by atoms with Gasteiger partial charge in [0.05, 0.1) is 11.3 Å². The maximum atomic E-state index is 10.7. The van der Waals surface area contributed by atoms with Gasteiger partial charge in [-0.25, -0.2) is 0 Å². The number of rotatable bonds is 4. The maximum Gasteiger partial charge on any atom is 0.305 e. The van der Waals surface area contributed by atoms with E-state index in [1.54, 1.807) is 0 Å². The van der Waals surface area contributed by atoms with Gasteiger partial charge in [-0.05, 0) is 12.1 Å². The lowest BCUT2D eigenvalue weighted by Gasteiger charge is -2.09. The first-order chi connectivity index (χ1) is 7.41. The van der Waals surface area contributed by atoms with Crippen LogP contribution in [0.15, 0.2) is 18.2 Å². The Hall–Kier alpha value is -1.66. The number of nitro benzene ring substituents is 1. The molecule has 0 fully saturated rings. The molecule has 3 N–H and O–H groups in total. The fourth-order valence-corrected chi connectivity index (χ4v) is 1.47. The van der Waals surface area contributed by atoms with E-state index in [0.717, 1.165) is 0 Å². The van der Waals surface area contributed by atoms with Crippen LogP contribution in [-0.2, 0) is 4.79 Å². The minimum absolute atomic E-state index is 0.125. The number of nitrogens with two attached hydrogens (primary N) is 1. The Morgan fingerprint density at radius 2 is 2.25 bits per heavy atom. The second kappa shape index (κ2) is 4.91. The predicted octanol–water partition coefficient (Wildman–Crippen LogP) is 1.72. The van der Waals surface area contributed by atoms with E-state index in [1.807, 2.05) is 0 Å². The molecular weight excluding hydrogens is 236 g/mol. The van der Waals surface area contributed by atoms with Crippen molar-refractivity contribution in [1.29, 1.82) is 0 Å². The fourth-order valence-electron chi connectivity index (χ4n) is 1.29. The lowest BCUT2D eigenvalue weighted by atomic mass is 10.0. The molecule has 0 aliphatic rings. The van der Waals surface area contributed by atoms with Crippen LogP contribution in [0.3, 0.4) is 0 Å². The highest BCUT2D eigenvalue weighted by Crippen LogP contribution is 2.28. The summed E-state index contributed by atoms with van der Waals surface area (Å²) < 4.78 is 0. The number of nitrogens with zero attached hydrogens (tertiary/aromatic N) is 1. The molecule has 6 nitrogen and oxygen atoms in total. The number of nitro groups is 1. The van der Waals surface area contributed by atoms with E-state index in [0.29, 0.717) is 0 Å². The Bertz CT molecular complexity index is 436. The van der Waals surface area contributed by atoms with Crippen molar-refractivity contribution in [3.05, 3.63) is 38.9 Å². The van der Waals surface area contributed by atoms with Crippen LogP contribution in [0.2, 0.25) is 5.02 Å². The van der Waals surface area contributed by atoms with Gasteiger partial charge in [0.25, 0.3) is 5.69 Å². The van der Waals surface area contributed by atoms with E-state index in [2.05, 4.69) is 0 Å². The third-order valence-electron chi connectivity index (χ3n) is 1.98. The summed E-state index contributed by atoms with van der Waals surface area (Å²) in [5.41, 5.74) is 5.46. The van der Waals surface area contributed by atoms with Crippen LogP contribution in [0, 0.1) is 10.1 Å². The second-order valence-electron chi connectivity index (χ2n) is 3.16. The number of carboxylic acid groups (broad SMARTS) is 1. The summed E-state index contributed by atoms with van der Waals surface area (Å²) in [7, 11) is 0. The first-order valence-corrected chi connectivity index (χ1v) is 4.71. The summed E-state index contributed by atoms with van der Waals surface area (Å²) in [6.07, 6.45) is -0.388. The van der Waals surface area contributed by atoms with Crippen molar-refractivity contribution in [1.82, 2.24) is 0 Å². The summed E-state index contributed by atoms with van der Waals surface area (Å²) in [6.45, 7) is 0. The van der Waals surface area contributed by atoms with Crippen LogP contribution in [0.1, 0.15) is 18.0 Å². The molecule has 0 saturated carbocycles. The van der Waals surface area contributed by atoms with Crippen LogP contribution >= 0.6 is 11.6 Å². The Labute approximate surface area is 95.8 Å². The molecule has 0 saturated heterocycles. The lowest BCUT2D eigenvalue weighted by molar-refractivity contribution is -0.385. The van der Waals surface area contributed by atoms with Crippen LogP contribution in [0.25, 0.3) is 0 Å². The molecule has 0 aliphatic carbocycles. The first-order valence-electron chi connectivity index (χ1n) is 4.33. The third kappa shape index (κ3) is 2.91. The number of carbonyl (C=O) groups is 1. The number of halogens is 1. The molecular formula is C9H9ClN2O4. The van der Waals surface area contributed by atoms with Gasteiger partial charge in [-0.2, -0.15) is 0 Å². The third-order valence-corrected chi connectivity index (χ3v) is 2.22. The topological polar surface area (TPSA) is 106 Å². The number of benzene rings is 1. The summed E-state index contributed by atoms with van der Waals surface area (Å²) >= 11 is 5.68. The molecule has 0 bridgehead atoms. The Morgan fingerprint density at radius 3 is 2.75 bits per heavy atom. The molecule has 1 aromatic carbocycles. The van der Waals surface area contributed by atoms with Crippen LogP contribution < -0.4 is 5.73 Å². The molecule has 0 heterocycles. The molecule has 16 heavy (non-hydrogen) atoms. The smallest absolute Gasteiger partial charge is 0.305 e. The van der Waals surface area contributed by atoms with Gasteiger partial charge in [0, 0.05) is 22.7 Å². The van der Waals surface area contributed by atoms with E-state index >= 15 is 0 Å². The second-order valence-corrected chi connectivity index (χ2v) is 3.60. The van der Waals surface area contributed by atoms with Crippen molar-refractivity contribution >= 4 is 23.3 Å². The predicted molar refractivity (Wildman–Crippen MR) is 57.3 cm³/mol. The minimum Gasteiger partial charge on any atom is -0.481 e. The SMILES string of the molecule is N[C@@H](CC(=O)O)c1cc(Cl)ccc1[N+](=O)[O-]. The molecule has 0 aliphatic heterocycles. The maximum absolute atomic E-state index is 10.7. The quantitative estimate of drug-likeness (QED) is 0.619. The van der Waals surface area contributed by atoms with Crippen molar-refractivity contribution in [2.45, 2.75) is 12.5 Å². The van der Waals surface area contributed by atoms with Crippen LogP contribution in [0.5, 0.6) is 0 Å². The van der Waals surface area contributed by atoms with Crippen molar-refractivity contribution in [2.24, 2.45) is 5.73 Å². The van der Waals surface area contributed by atoms with E-state index in [-0.39, 0.29) is 22.7 Å². The molecule has 0 unspecified atom stereocenters. The van der Waals surface area contributed by atoms with Gasteiger partial charge >= 0.3 is 5.97 Å². The fraction of sp³-hybridized carbons (Fsp3) is 0.222. The van der Waals surface area contributed by atoms with Gasteiger partial charge in [0.15, 0.2) is 0 Å². The Balaban J connectivity index is 3.13. The van der Waals surface area contributed by atoms with Crippen molar-refractivity contribution in [3.8, 4) is 0 Å². The average molecular weight is 245 g/mol. The zero-order valence-corrected chi connectivity index (χ0v) is 8.85. The summed E-state index contributed by atoms with van der Waals surface area (Å²) in [6, 6.07) is 2.93. The highest BCUT2D eigenvalue weighted by molar-refractivity contribution is 6.30. The highest BCUT2D eigenvalue weighted by atomic mass is 35.5. The van der Waals surface area contributed by atoms with Gasteiger partial charge in [-0.15, -0.1) is 0 Å². The standard InChI is InChI=1S/C9H9ClN2O4/c10-5-1-2-8(12(15)16)6(3-5)7(11)4-9(13)14/h1-3,7H,4,11H2,(H,13,14)/t7-/m0/s1. The minimum atomic E-state index is -1.12. The molecule has 0 amide bonds. The first kappa shape index (κ1) is 12.4. The Kier molecular flexibility index (Phi) is 3.81. The van der Waals surface area contributed by atoms with E-state index < -0.39 is 16.9 Å². The summed E-state index contributed by atoms with van der Waals surface area (Å²) in [5.74, 6) is -1.12. The number of aliphatic carboxylic acids is 1. The van der Waals surface area contributed by atoms with E-state index in [1.165, 1.54) is 18.2 Å². The van der Waals surface area contributed by atoms with E-state index in [9.17, 15) is 14.9 Å². The van der Waals surface area contributed by atoms with Gasteiger partial charge in [0.1, 0.15) is 0 Å². The van der Waals surface area contributed by atoms with Gasteiger partial charge in [-0.1, -0.05) is 11.6 Å². The molecule has 86 valence electrons. The van der Waals surface area contributed by atoms with Crippen LogP contribution in [-0.4, -0.2) is 16.0 Å². The summed E-state index contributed by atoms with van der Waals surface area (Å²) in [5, 5.41) is 19.5. The van der Waals surface area contributed by atoms with Crippen molar-refractivity contribution < 1.29 is 14.8 Å². The molecule has 0 radical (unpaired) electrons. The average Bonchev–Trinajstić information content (AvgIpc) is 2.15. The van der Waals surface area contributed by atoms with Gasteiger partial charge < -0.3 is 10.8 Å². The lowest BCUT2D eigenvalue weighted by Crippen LogP contribution is -2.16.